The van der Waals surface area contributed by atoms with Crippen molar-refractivity contribution in [3.63, 3.8) is 0 Å². The van der Waals surface area contributed by atoms with E-state index in [2.05, 4.69) is 10.7 Å². The second kappa shape index (κ2) is 3.58. The highest BCUT2D eigenvalue weighted by molar-refractivity contribution is 5.97. The monoisotopic (exact) mass is 200 g/mol. The second-order valence-electron chi connectivity index (χ2n) is 3.32. The van der Waals surface area contributed by atoms with Gasteiger partial charge in [-0.2, -0.15) is 0 Å². The summed E-state index contributed by atoms with van der Waals surface area (Å²) in [7, 11) is 0. The Morgan fingerprint density at radius 3 is 2.80 bits per heavy atom. The molecule has 3 heteroatoms. The molecule has 0 bridgehead atoms. The molecule has 0 aromatic heterocycles. The van der Waals surface area contributed by atoms with Crippen molar-refractivity contribution in [1.82, 2.24) is 0 Å². The highest BCUT2D eigenvalue weighted by Gasteiger charge is 2.34. The van der Waals surface area contributed by atoms with Gasteiger partial charge < -0.3 is 4.74 Å². The Bertz CT molecular complexity index is 468. The molecule has 1 aliphatic heterocycles. The molecule has 3 nitrogen and oxygen atoms in total. The summed E-state index contributed by atoms with van der Waals surface area (Å²) in [6.07, 6.45) is 5.35. The maximum Gasteiger partial charge on any atom is 0.321 e. The van der Waals surface area contributed by atoms with Crippen molar-refractivity contribution < 1.29 is 14.3 Å². The summed E-state index contributed by atoms with van der Waals surface area (Å²) in [6.45, 7) is 0. The van der Waals surface area contributed by atoms with Gasteiger partial charge in [-0.3, -0.25) is 9.59 Å². The summed E-state index contributed by atoms with van der Waals surface area (Å²) in [5.74, 6) is 1.02. The van der Waals surface area contributed by atoms with Crippen LogP contribution in [0.25, 0.3) is 0 Å². The average molecular weight is 200 g/mol. The zero-order valence-electron chi connectivity index (χ0n) is 7.90. The number of rotatable bonds is 1. The fourth-order valence-electron chi connectivity index (χ4n) is 1.57. The highest BCUT2D eigenvalue weighted by atomic mass is 16.6. The van der Waals surface area contributed by atoms with Gasteiger partial charge in [0, 0.05) is 5.56 Å². The van der Waals surface area contributed by atoms with Crippen LogP contribution in [0.4, 0.5) is 0 Å². The topological polar surface area (TPSA) is 43.4 Å². The van der Waals surface area contributed by atoms with Crippen molar-refractivity contribution in [2.45, 2.75) is 12.3 Å². The smallest absolute Gasteiger partial charge is 0.321 e. The van der Waals surface area contributed by atoms with E-state index in [9.17, 15) is 9.59 Å². The lowest BCUT2D eigenvalue weighted by Crippen LogP contribution is -2.05. The number of hydrogen-bond acceptors (Lipinski definition) is 3. The molecule has 1 atom stereocenters. The van der Waals surface area contributed by atoms with Crippen LogP contribution < -0.4 is 0 Å². The van der Waals surface area contributed by atoms with E-state index < -0.39 is 17.9 Å². The Morgan fingerprint density at radius 2 is 2.20 bits per heavy atom. The minimum absolute atomic E-state index is 0.104. The van der Waals surface area contributed by atoms with Gasteiger partial charge in [-0.1, -0.05) is 18.1 Å². The predicted molar refractivity (Wildman–Crippen MR) is 52.8 cm³/mol. The van der Waals surface area contributed by atoms with E-state index >= 15 is 0 Å². The molecule has 2 rings (SSSR count). The number of hydrogen-bond donors (Lipinski definition) is 0. The molecule has 0 aliphatic carbocycles. The maximum atomic E-state index is 11.3. The van der Waals surface area contributed by atoms with Crippen LogP contribution in [0, 0.1) is 12.3 Å². The minimum Gasteiger partial charge on any atom is -0.393 e. The first-order valence-electron chi connectivity index (χ1n) is 4.52. The number of benzene rings is 1. The molecule has 1 aliphatic rings. The van der Waals surface area contributed by atoms with Crippen molar-refractivity contribution in [3.8, 4) is 12.3 Å². The van der Waals surface area contributed by atoms with Crippen molar-refractivity contribution in [1.29, 1.82) is 0 Å². The first kappa shape index (κ1) is 9.47. The minimum atomic E-state index is -0.495. The fraction of sp³-hybridized carbons (Fsp3) is 0.167. The van der Waals surface area contributed by atoms with Crippen molar-refractivity contribution >= 4 is 11.9 Å². The molecular formula is C12H8O3. The SMILES string of the molecule is C#Cc1cccc(C2CC(=O)OC2=O)c1. The van der Waals surface area contributed by atoms with Gasteiger partial charge in [0.05, 0.1) is 12.3 Å². The molecule has 1 unspecified atom stereocenters. The first-order valence-corrected chi connectivity index (χ1v) is 4.52. The molecule has 1 aromatic carbocycles. The molecule has 1 heterocycles. The van der Waals surface area contributed by atoms with E-state index in [0.29, 0.717) is 5.56 Å². The maximum absolute atomic E-state index is 11.3. The zero-order chi connectivity index (χ0) is 10.8. The molecule has 1 saturated heterocycles. The Labute approximate surface area is 87.1 Å². The summed E-state index contributed by atoms with van der Waals surface area (Å²) in [5.41, 5.74) is 1.43. The summed E-state index contributed by atoms with van der Waals surface area (Å²) >= 11 is 0. The predicted octanol–water partition coefficient (Wildman–Crippen LogP) is 1.22. The molecule has 0 N–H and O–H groups in total. The Kier molecular flexibility index (Phi) is 2.26. The van der Waals surface area contributed by atoms with E-state index in [1.54, 1.807) is 24.3 Å². The van der Waals surface area contributed by atoms with Gasteiger partial charge in [-0.05, 0) is 17.7 Å². The van der Waals surface area contributed by atoms with Crippen LogP contribution in [0.15, 0.2) is 24.3 Å². The number of esters is 2. The first-order chi connectivity index (χ1) is 7.20. The van der Waals surface area contributed by atoms with Crippen LogP contribution >= 0.6 is 0 Å². The van der Waals surface area contributed by atoms with Crippen LogP contribution in [-0.4, -0.2) is 11.9 Å². The lowest BCUT2D eigenvalue weighted by atomic mass is 9.96. The Morgan fingerprint density at radius 1 is 1.40 bits per heavy atom. The molecular weight excluding hydrogens is 192 g/mol. The second-order valence-corrected chi connectivity index (χ2v) is 3.32. The number of cyclic esters (lactones) is 2. The fourth-order valence-corrected chi connectivity index (χ4v) is 1.57. The van der Waals surface area contributed by atoms with Gasteiger partial charge in [-0.25, -0.2) is 0 Å². The molecule has 0 saturated carbocycles. The lowest BCUT2D eigenvalue weighted by molar-refractivity contribution is -0.152. The molecule has 1 aromatic rings. The number of terminal acetylenes is 1. The Hall–Kier alpha value is -2.08. The zero-order valence-corrected chi connectivity index (χ0v) is 7.90. The van der Waals surface area contributed by atoms with E-state index in [1.807, 2.05) is 0 Å². The molecule has 0 amide bonds. The van der Waals surface area contributed by atoms with Gasteiger partial charge in [0.2, 0.25) is 0 Å². The Balaban J connectivity index is 2.34. The van der Waals surface area contributed by atoms with Crippen LogP contribution in [0.1, 0.15) is 23.5 Å². The molecule has 1 fully saturated rings. The van der Waals surface area contributed by atoms with E-state index in [4.69, 9.17) is 6.42 Å². The normalized spacial score (nSPS) is 19.8. The summed E-state index contributed by atoms with van der Waals surface area (Å²) in [5, 5.41) is 0. The van der Waals surface area contributed by atoms with Gasteiger partial charge in [0.25, 0.3) is 0 Å². The standard InChI is InChI=1S/C12H8O3/c1-2-8-4-3-5-9(6-8)10-7-11(13)15-12(10)14/h1,3-6,10H,7H2. The van der Waals surface area contributed by atoms with Gasteiger partial charge >= 0.3 is 11.9 Å². The van der Waals surface area contributed by atoms with E-state index in [-0.39, 0.29) is 6.42 Å². The third-order valence-corrected chi connectivity index (χ3v) is 2.33. The summed E-state index contributed by atoms with van der Waals surface area (Å²) < 4.78 is 4.47. The third-order valence-electron chi connectivity index (χ3n) is 2.33. The van der Waals surface area contributed by atoms with Crippen LogP contribution in [-0.2, 0) is 14.3 Å². The average Bonchev–Trinajstić information content (AvgIpc) is 2.58. The summed E-state index contributed by atoms with van der Waals surface area (Å²) in [4.78, 5) is 22.2. The van der Waals surface area contributed by atoms with Gasteiger partial charge in [-0.15, -0.1) is 6.42 Å². The number of carbonyl (C=O) groups is 2. The lowest BCUT2D eigenvalue weighted by Gasteiger charge is -2.04. The van der Waals surface area contributed by atoms with Crippen LogP contribution in [0.2, 0.25) is 0 Å². The number of carbonyl (C=O) groups excluding carboxylic acids is 2. The molecule has 0 spiro atoms. The summed E-state index contributed by atoms with van der Waals surface area (Å²) in [6, 6.07) is 7.03. The van der Waals surface area contributed by atoms with Crippen molar-refractivity contribution in [2.24, 2.45) is 0 Å². The molecule has 74 valence electrons. The molecule has 0 radical (unpaired) electrons. The largest absolute Gasteiger partial charge is 0.393 e. The van der Waals surface area contributed by atoms with Crippen molar-refractivity contribution in [2.75, 3.05) is 0 Å². The van der Waals surface area contributed by atoms with Gasteiger partial charge in [0.1, 0.15) is 0 Å². The quantitative estimate of drug-likeness (QED) is 0.389. The third kappa shape index (κ3) is 1.75. The molecule has 15 heavy (non-hydrogen) atoms. The van der Waals surface area contributed by atoms with Crippen molar-refractivity contribution in [3.05, 3.63) is 35.4 Å². The highest BCUT2D eigenvalue weighted by Crippen LogP contribution is 2.27. The van der Waals surface area contributed by atoms with Crippen LogP contribution in [0.5, 0.6) is 0 Å². The van der Waals surface area contributed by atoms with E-state index in [0.717, 1.165) is 5.56 Å². The number of ether oxygens (including phenoxy) is 1. The van der Waals surface area contributed by atoms with E-state index in [1.165, 1.54) is 0 Å². The van der Waals surface area contributed by atoms with Gasteiger partial charge in [0.15, 0.2) is 0 Å². The van der Waals surface area contributed by atoms with Crippen LogP contribution in [0.3, 0.4) is 0 Å².